The van der Waals surface area contributed by atoms with Gasteiger partial charge in [-0.25, -0.2) is 0 Å². The lowest BCUT2D eigenvalue weighted by Gasteiger charge is -2.26. The second-order valence-corrected chi connectivity index (χ2v) is 7.62. The molecule has 3 N–H and O–H groups in total. The van der Waals surface area contributed by atoms with Gasteiger partial charge in [0.1, 0.15) is 0 Å². The maximum Gasteiger partial charge on any atom is 0.251 e. The standard InChI is InChI=1S/C21H27N3O2/c1-13(2)14-3-5-15(6-4-14)21(26)24-18-9-10-19(22)16(11-18)12-20(25)23-17-7-8-17/h3-6,12-13,17-18,22H,7-11H2,1-2H3,(H,23,25)(H,24,26)/b16-12-,22-19?. The fourth-order valence-corrected chi connectivity index (χ4v) is 3.16. The average molecular weight is 353 g/mol. The van der Waals surface area contributed by atoms with Crippen LogP contribution in [0.2, 0.25) is 0 Å². The van der Waals surface area contributed by atoms with E-state index in [2.05, 4.69) is 24.5 Å². The molecule has 0 aromatic heterocycles. The lowest BCUT2D eigenvalue weighted by Crippen LogP contribution is -2.39. The summed E-state index contributed by atoms with van der Waals surface area (Å²) in [5, 5.41) is 14.0. The van der Waals surface area contributed by atoms with Gasteiger partial charge in [-0.2, -0.15) is 0 Å². The van der Waals surface area contributed by atoms with Crippen LogP contribution in [-0.4, -0.2) is 29.6 Å². The predicted octanol–water partition coefficient (Wildman–Crippen LogP) is 3.32. The van der Waals surface area contributed by atoms with Crippen LogP contribution in [-0.2, 0) is 4.79 Å². The van der Waals surface area contributed by atoms with Gasteiger partial charge in [0.15, 0.2) is 0 Å². The van der Waals surface area contributed by atoms with E-state index in [4.69, 9.17) is 5.41 Å². The number of rotatable bonds is 5. The van der Waals surface area contributed by atoms with Crippen LogP contribution in [0.5, 0.6) is 0 Å². The molecule has 0 spiro atoms. The summed E-state index contributed by atoms with van der Waals surface area (Å²) >= 11 is 0. The summed E-state index contributed by atoms with van der Waals surface area (Å²) in [5.41, 5.74) is 3.09. The molecule has 5 nitrogen and oxygen atoms in total. The molecule has 0 aliphatic heterocycles. The fraction of sp³-hybridized carbons (Fsp3) is 0.476. The van der Waals surface area contributed by atoms with Crippen LogP contribution in [0.3, 0.4) is 0 Å². The topological polar surface area (TPSA) is 82.1 Å². The van der Waals surface area contributed by atoms with Gasteiger partial charge in [0.2, 0.25) is 5.91 Å². The summed E-state index contributed by atoms with van der Waals surface area (Å²) in [5.74, 6) is 0.218. The highest BCUT2D eigenvalue weighted by Crippen LogP contribution is 2.23. The van der Waals surface area contributed by atoms with Crippen molar-refractivity contribution in [3.63, 3.8) is 0 Å². The Morgan fingerprint density at radius 3 is 2.38 bits per heavy atom. The van der Waals surface area contributed by atoms with Gasteiger partial charge in [0, 0.05) is 29.4 Å². The lowest BCUT2D eigenvalue weighted by molar-refractivity contribution is -0.116. The molecule has 1 aromatic carbocycles. The molecule has 2 aliphatic rings. The molecule has 0 saturated heterocycles. The Morgan fingerprint density at radius 1 is 1.08 bits per heavy atom. The van der Waals surface area contributed by atoms with E-state index in [9.17, 15) is 9.59 Å². The van der Waals surface area contributed by atoms with E-state index >= 15 is 0 Å². The van der Waals surface area contributed by atoms with E-state index in [1.807, 2.05) is 24.3 Å². The molecule has 0 radical (unpaired) electrons. The molecule has 1 aromatic rings. The van der Waals surface area contributed by atoms with E-state index in [1.54, 1.807) is 0 Å². The SMILES string of the molecule is CC(C)c1ccc(C(=O)NC2CCC(=N)/C(=C\C(=O)NC3CC3)C2)cc1. The molecule has 3 rings (SSSR count). The van der Waals surface area contributed by atoms with Gasteiger partial charge in [0.05, 0.1) is 0 Å². The monoisotopic (exact) mass is 353 g/mol. The first-order valence-electron chi connectivity index (χ1n) is 9.42. The number of hydrogen-bond acceptors (Lipinski definition) is 3. The van der Waals surface area contributed by atoms with Crippen molar-refractivity contribution in [2.24, 2.45) is 0 Å². The molecule has 1 atom stereocenters. The highest BCUT2D eigenvalue weighted by atomic mass is 16.2. The lowest BCUT2D eigenvalue weighted by atomic mass is 9.88. The van der Waals surface area contributed by atoms with E-state index in [0.29, 0.717) is 36.1 Å². The Morgan fingerprint density at radius 2 is 1.77 bits per heavy atom. The van der Waals surface area contributed by atoms with Crippen molar-refractivity contribution in [1.82, 2.24) is 10.6 Å². The number of carbonyl (C=O) groups excluding carboxylic acids is 2. The van der Waals surface area contributed by atoms with Crippen LogP contribution in [0.25, 0.3) is 0 Å². The smallest absolute Gasteiger partial charge is 0.251 e. The predicted molar refractivity (Wildman–Crippen MR) is 103 cm³/mol. The van der Waals surface area contributed by atoms with Gasteiger partial charge in [-0.15, -0.1) is 0 Å². The van der Waals surface area contributed by atoms with Gasteiger partial charge in [-0.3, -0.25) is 9.59 Å². The number of hydrogen-bond donors (Lipinski definition) is 3. The van der Waals surface area contributed by atoms with Crippen LogP contribution >= 0.6 is 0 Å². The minimum Gasteiger partial charge on any atom is -0.350 e. The van der Waals surface area contributed by atoms with Crippen molar-refractivity contribution in [1.29, 1.82) is 5.41 Å². The summed E-state index contributed by atoms with van der Waals surface area (Å²) in [6, 6.07) is 7.96. The Hall–Kier alpha value is -2.43. The van der Waals surface area contributed by atoms with Crippen LogP contribution in [0.4, 0.5) is 0 Å². The van der Waals surface area contributed by atoms with Gasteiger partial charge in [-0.1, -0.05) is 26.0 Å². The first kappa shape index (κ1) is 18.4. The highest BCUT2D eigenvalue weighted by Gasteiger charge is 2.26. The second-order valence-electron chi connectivity index (χ2n) is 7.62. The van der Waals surface area contributed by atoms with Gasteiger partial charge in [0.25, 0.3) is 5.91 Å². The summed E-state index contributed by atoms with van der Waals surface area (Å²) in [7, 11) is 0. The molecule has 2 amide bonds. The third-order valence-corrected chi connectivity index (χ3v) is 5.00. The third kappa shape index (κ3) is 4.81. The molecule has 5 heteroatoms. The largest absolute Gasteiger partial charge is 0.350 e. The molecule has 138 valence electrons. The minimum absolute atomic E-state index is 0.0404. The van der Waals surface area contributed by atoms with Crippen molar-refractivity contribution in [2.75, 3.05) is 0 Å². The maximum absolute atomic E-state index is 12.5. The Kier molecular flexibility index (Phi) is 5.55. The Balaban J connectivity index is 1.60. The maximum atomic E-state index is 12.5. The molecule has 2 aliphatic carbocycles. The Bertz CT molecular complexity index is 730. The first-order valence-corrected chi connectivity index (χ1v) is 9.42. The first-order chi connectivity index (χ1) is 12.4. The zero-order chi connectivity index (χ0) is 18.7. The zero-order valence-corrected chi connectivity index (χ0v) is 15.5. The van der Waals surface area contributed by atoms with Crippen molar-refractivity contribution in [3.8, 4) is 0 Å². The highest BCUT2D eigenvalue weighted by molar-refractivity contribution is 6.04. The van der Waals surface area contributed by atoms with Crippen LogP contribution in [0.1, 0.15) is 67.8 Å². The Labute approximate surface area is 154 Å². The second kappa shape index (κ2) is 7.85. The van der Waals surface area contributed by atoms with Crippen molar-refractivity contribution in [3.05, 3.63) is 47.0 Å². The average Bonchev–Trinajstić information content (AvgIpc) is 3.41. The van der Waals surface area contributed by atoms with E-state index in [1.165, 1.54) is 11.6 Å². The summed E-state index contributed by atoms with van der Waals surface area (Å²) in [4.78, 5) is 24.5. The molecule has 26 heavy (non-hydrogen) atoms. The number of benzene rings is 1. The van der Waals surface area contributed by atoms with Crippen LogP contribution in [0, 0.1) is 5.41 Å². The van der Waals surface area contributed by atoms with Crippen molar-refractivity contribution < 1.29 is 9.59 Å². The summed E-state index contributed by atoms with van der Waals surface area (Å²) in [6.45, 7) is 4.25. The van der Waals surface area contributed by atoms with E-state index < -0.39 is 0 Å². The molecular formula is C21H27N3O2. The van der Waals surface area contributed by atoms with Gasteiger partial charge >= 0.3 is 0 Å². The van der Waals surface area contributed by atoms with Gasteiger partial charge < -0.3 is 16.0 Å². The molecule has 0 heterocycles. The molecule has 2 saturated carbocycles. The quantitative estimate of drug-likeness (QED) is 0.710. The normalized spacial score (nSPS) is 21.7. The summed E-state index contributed by atoms with van der Waals surface area (Å²) in [6.07, 6.45) is 5.47. The third-order valence-electron chi connectivity index (χ3n) is 5.00. The molecule has 2 fully saturated rings. The molecule has 1 unspecified atom stereocenters. The fourth-order valence-electron chi connectivity index (χ4n) is 3.16. The zero-order valence-electron chi connectivity index (χ0n) is 15.5. The minimum atomic E-state index is -0.122. The van der Waals surface area contributed by atoms with Crippen molar-refractivity contribution in [2.45, 2.75) is 64.0 Å². The number of amides is 2. The van der Waals surface area contributed by atoms with Crippen molar-refractivity contribution >= 4 is 17.5 Å². The van der Waals surface area contributed by atoms with Gasteiger partial charge in [-0.05, 0) is 61.3 Å². The number of nitrogens with one attached hydrogen (secondary N) is 3. The van der Waals surface area contributed by atoms with Crippen LogP contribution in [0.15, 0.2) is 35.9 Å². The number of carbonyl (C=O) groups is 2. The van der Waals surface area contributed by atoms with Crippen LogP contribution < -0.4 is 10.6 Å². The summed E-state index contributed by atoms with van der Waals surface area (Å²) < 4.78 is 0. The van der Waals surface area contributed by atoms with E-state index in [0.717, 1.165) is 24.8 Å². The molecule has 0 bridgehead atoms. The van der Waals surface area contributed by atoms with E-state index in [-0.39, 0.29) is 17.9 Å². The molecular weight excluding hydrogens is 326 g/mol.